The summed E-state index contributed by atoms with van der Waals surface area (Å²) in [4.78, 5) is 14.3. The van der Waals surface area contributed by atoms with Gasteiger partial charge in [-0.05, 0) is 30.3 Å². The van der Waals surface area contributed by atoms with E-state index in [0.717, 1.165) is 16.6 Å². The fourth-order valence-electron chi connectivity index (χ4n) is 2.47. The third-order valence-electron chi connectivity index (χ3n) is 3.70. The highest BCUT2D eigenvalue weighted by Crippen LogP contribution is 2.27. The second-order valence-corrected chi connectivity index (χ2v) is 5.37. The molecule has 0 bridgehead atoms. The van der Waals surface area contributed by atoms with E-state index < -0.39 is 0 Å². The molecule has 0 atom stereocenters. The SMILES string of the molecule is CN(C(=O)c1cc2c(Cl)cccc2n1C)c1ccccc1. The van der Waals surface area contributed by atoms with E-state index in [2.05, 4.69) is 0 Å². The average Bonchev–Trinajstić information content (AvgIpc) is 2.85. The highest BCUT2D eigenvalue weighted by Gasteiger charge is 2.19. The van der Waals surface area contributed by atoms with E-state index >= 15 is 0 Å². The third-order valence-corrected chi connectivity index (χ3v) is 4.03. The van der Waals surface area contributed by atoms with Gasteiger partial charge in [0.1, 0.15) is 5.69 Å². The molecule has 106 valence electrons. The molecule has 0 saturated heterocycles. The molecule has 21 heavy (non-hydrogen) atoms. The van der Waals surface area contributed by atoms with Gasteiger partial charge in [-0.25, -0.2) is 0 Å². The maximum atomic E-state index is 12.7. The van der Waals surface area contributed by atoms with Crippen LogP contribution in [0.15, 0.2) is 54.6 Å². The fraction of sp³-hybridized carbons (Fsp3) is 0.118. The molecule has 0 aliphatic carbocycles. The molecule has 0 radical (unpaired) electrons. The molecule has 1 amide bonds. The lowest BCUT2D eigenvalue weighted by molar-refractivity contribution is 0.0985. The van der Waals surface area contributed by atoms with Gasteiger partial charge in [0.15, 0.2) is 0 Å². The van der Waals surface area contributed by atoms with E-state index in [9.17, 15) is 4.79 Å². The first-order chi connectivity index (χ1) is 10.1. The number of para-hydroxylation sites is 1. The number of carbonyl (C=O) groups is 1. The van der Waals surface area contributed by atoms with Crippen LogP contribution in [0.5, 0.6) is 0 Å². The van der Waals surface area contributed by atoms with Crippen LogP contribution < -0.4 is 4.90 Å². The number of aromatic nitrogens is 1. The van der Waals surface area contributed by atoms with Crippen LogP contribution >= 0.6 is 11.6 Å². The molecule has 0 fully saturated rings. The van der Waals surface area contributed by atoms with Crippen LogP contribution in [0.1, 0.15) is 10.5 Å². The molecule has 1 heterocycles. The van der Waals surface area contributed by atoms with Gasteiger partial charge in [-0.15, -0.1) is 0 Å². The summed E-state index contributed by atoms with van der Waals surface area (Å²) in [5, 5.41) is 1.55. The summed E-state index contributed by atoms with van der Waals surface area (Å²) in [6, 6.07) is 17.1. The fourth-order valence-corrected chi connectivity index (χ4v) is 2.69. The Bertz CT molecular complexity index is 808. The Hall–Kier alpha value is -2.26. The number of amides is 1. The van der Waals surface area contributed by atoms with Gasteiger partial charge in [-0.2, -0.15) is 0 Å². The van der Waals surface area contributed by atoms with Gasteiger partial charge in [0, 0.05) is 35.7 Å². The van der Waals surface area contributed by atoms with Crippen molar-refractivity contribution in [3.8, 4) is 0 Å². The highest BCUT2D eigenvalue weighted by atomic mass is 35.5. The Morgan fingerprint density at radius 2 is 1.81 bits per heavy atom. The first-order valence-corrected chi connectivity index (χ1v) is 7.04. The van der Waals surface area contributed by atoms with E-state index in [0.29, 0.717) is 10.7 Å². The first-order valence-electron chi connectivity index (χ1n) is 6.66. The topological polar surface area (TPSA) is 25.2 Å². The summed E-state index contributed by atoms with van der Waals surface area (Å²) in [6.07, 6.45) is 0. The van der Waals surface area contributed by atoms with Crippen LogP contribution in [0.25, 0.3) is 10.9 Å². The minimum Gasteiger partial charge on any atom is -0.340 e. The molecule has 0 aliphatic rings. The number of nitrogens with zero attached hydrogens (tertiary/aromatic N) is 2. The number of hydrogen-bond acceptors (Lipinski definition) is 1. The summed E-state index contributed by atoms with van der Waals surface area (Å²) in [6.45, 7) is 0. The van der Waals surface area contributed by atoms with Gasteiger partial charge < -0.3 is 9.47 Å². The highest BCUT2D eigenvalue weighted by molar-refractivity contribution is 6.35. The normalized spacial score (nSPS) is 10.8. The largest absolute Gasteiger partial charge is 0.340 e. The maximum Gasteiger partial charge on any atom is 0.274 e. The summed E-state index contributed by atoms with van der Waals surface area (Å²) < 4.78 is 1.88. The number of carbonyl (C=O) groups excluding carboxylic acids is 1. The number of benzene rings is 2. The Balaban J connectivity index is 2.06. The Morgan fingerprint density at radius 1 is 1.10 bits per heavy atom. The van der Waals surface area contributed by atoms with Crippen molar-refractivity contribution in [1.82, 2.24) is 4.57 Å². The molecule has 1 aromatic heterocycles. The van der Waals surface area contributed by atoms with Crippen LogP contribution in [0.2, 0.25) is 5.02 Å². The van der Waals surface area contributed by atoms with E-state index in [4.69, 9.17) is 11.6 Å². The van der Waals surface area contributed by atoms with Gasteiger partial charge in [0.2, 0.25) is 0 Å². The molecule has 0 unspecified atom stereocenters. The van der Waals surface area contributed by atoms with Gasteiger partial charge in [-0.3, -0.25) is 4.79 Å². The Morgan fingerprint density at radius 3 is 2.48 bits per heavy atom. The summed E-state index contributed by atoms with van der Waals surface area (Å²) >= 11 is 6.21. The quantitative estimate of drug-likeness (QED) is 0.699. The zero-order valence-corrected chi connectivity index (χ0v) is 12.6. The smallest absolute Gasteiger partial charge is 0.274 e. The average molecular weight is 299 g/mol. The van der Waals surface area contributed by atoms with Gasteiger partial charge in [0.25, 0.3) is 5.91 Å². The van der Waals surface area contributed by atoms with Crippen molar-refractivity contribution in [3.63, 3.8) is 0 Å². The lowest BCUT2D eigenvalue weighted by atomic mass is 10.2. The molecule has 3 aromatic rings. The minimum absolute atomic E-state index is 0.0593. The predicted molar refractivity (Wildman–Crippen MR) is 87.1 cm³/mol. The monoisotopic (exact) mass is 298 g/mol. The predicted octanol–water partition coefficient (Wildman–Crippen LogP) is 4.11. The van der Waals surface area contributed by atoms with Crippen LogP contribution in [0.3, 0.4) is 0 Å². The zero-order valence-electron chi connectivity index (χ0n) is 11.9. The van der Waals surface area contributed by atoms with Crippen molar-refractivity contribution in [3.05, 3.63) is 65.3 Å². The second-order valence-electron chi connectivity index (χ2n) is 4.96. The first kappa shape index (κ1) is 13.7. The lowest BCUT2D eigenvalue weighted by Crippen LogP contribution is -2.27. The van der Waals surface area contributed by atoms with E-state index in [1.165, 1.54) is 0 Å². The summed E-state index contributed by atoms with van der Waals surface area (Å²) in [7, 11) is 3.65. The number of aryl methyl sites for hydroxylation is 1. The van der Waals surface area contributed by atoms with E-state index in [-0.39, 0.29) is 5.91 Å². The molecule has 0 saturated carbocycles. The Kier molecular flexibility index (Phi) is 3.43. The molecule has 0 spiro atoms. The van der Waals surface area contributed by atoms with E-state index in [1.54, 1.807) is 11.9 Å². The standard InChI is InChI=1S/C17H15ClN2O/c1-19(12-7-4-3-5-8-12)17(21)16-11-13-14(18)9-6-10-15(13)20(16)2/h3-11H,1-2H3. The molecule has 0 N–H and O–H groups in total. The van der Waals surface area contributed by atoms with Gasteiger partial charge in [-0.1, -0.05) is 35.9 Å². The van der Waals surface area contributed by atoms with Gasteiger partial charge in [0.05, 0.1) is 0 Å². The van der Waals surface area contributed by atoms with E-state index in [1.807, 2.05) is 66.2 Å². The number of hydrogen-bond donors (Lipinski definition) is 0. The summed E-state index contributed by atoms with van der Waals surface area (Å²) in [5.74, 6) is -0.0593. The number of halogens is 1. The lowest BCUT2D eigenvalue weighted by Gasteiger charge is -2.17. The molecule has 3 rings (SSSR count). The zero-order chi connectivity index (χ0) is 15.0. The van der Waals surface area contributed by atoms with Crippen LogP contribution in [-0.4, -0.2) is 17.5 Å². The number of rotatable bonds is 2. The van der Waals surface area contributed by atoms with Crippen molar-refractivity contribution in [1.29, 1.82) is 0 Å². The maximum absolute atomic E-state index is 12.7. The Labute approximate surface area is 128 Å². The summed E-state index contributed by atoms with van der Waals surface area (Å²) in [5.41, 5.74) is 2.43. The van der Waals surface area contributed by atoms with Crippen LogP contribution in [-0.2, 0) is 7.05 Å². The number of fused-ring (bicyclic) bond motifs is 1. The molecule has 0 aliphatic heterocycles. The second kappa shape index (κ2) is 5.26. The van der Waals surface area contributed by atoms with Crippen molar-refractivity contribution in [2.45, 2.75) is 0 Å². The third kappa shape index (κ3) is 2.30. The minimum atomic E-state index is -0.0593. The molecule has 4 heteroatoms. The van der Waals surface area contributed by atoms with Crippen molar-refractivity contribution in [2.24, 2.45) is 7.05 Å². The van der Waals surface area contributed by atoms with Crippen LogP contribution in [0.4, 0.5) is 5.69 Å². The van der Waals surface area contributed by atoms with Crippen LogP contribution in [0, 0.1) is 0 Å². The molecule has 2 aromatic carbocycles. The molecular formula is C17H15ClN2O. The van der Waals surface area contributed by atoms with Gasteiger partial charge >= 0.3 is 0 Å². The number of anilines is 1. The molecule has 3 nitrogen and oxygen atoms in total. The van der Waals surface area contributed by atoms with Crippen molar-refractivity contribution in [2.75, 3.05) is 11.9 Å². The van der Waals surface area contributed by atoms with Crippen molar-refractivity contribution >= 4 is 34.1 Å². The molecular weight excluding hydrogens is 284 g/mol. The van der Waals surface area contributed by atoms with Crippen molar-refractivity contribution < 1.29 is 4.79 Å².